The summed E-state index contributed by atoms with van der Waals surface area (Å²) in [5.74, 6) is -1.05. The van der Waals surface area contributed by atoms with Gasteiger partial charge < -0.3 is 26.0 Å². The Bertz CT molecular complexity index is 657. The zero-order valence-corrected chi connectivity index (χ0v) is 20.0. The molecule has 0 aromatic carbocycles. The van der Waals surface area contributed by atoms with Gasteiger partial charge in [-0.2, -0.15) is 0 Å². The van der Waals surface area contributed by atoms with E-state index in [4.69, 9.17) is 10.5 Å². The molecule has 0 radical (unpaired) electrons. The van der Waals surface area contributed by atoms with Crippen LogP contribution in [0, 0.1) is 11.8 Å². The number of nitrogens with one attached hydrogen (secondary N) is 2. The number of nitrogens with two attached hydrogens (primary N) is 1. The summed E-state index contributed by atoms with van der Waals surface area (Å²) in [5, 5.41) is 5.43. The van der Waals surface area contributed by atoms with E-state index in [-0.39, 0.29) is 17.7 Å². The first-order valence-electron chi connectivity index (χ1n) is 11.1. The summed E-state index contributed by atoms with van der Waals surface area (Å²) >= 11 is 0. The maximum absolute atomic E-state index is 13.2. The van der Waals surface area contributed by atoms with E-state index in [0.717, 1.165) is 0 Å². The van der Waals surface area contributed by atoms with Gasteiger partial charge >= 0.3 is 6.09 Å². The lowest BCUT2D eigenvalue weighted by atomic mass is 9.99. The lowest BCUT2D eigenvalue weighted by molar-refractivity contribution is -0.141. The highest BCUT2D eigenvalue weighted by molar-refractivity contribution is 5.93. The summed E-state index contributed by atoms with van der Waals surface area (Å²) < 4.78 is 5.28. The Balaban J connectivity index is 2.98. The van der Waals surface area contributed by atoms with Crippen LogP contribution in [0.4, 0.5) is 4.79 Å². The summed E-state index contributed by atoms with van der Waals surface area (Å²) in [4.78, 5) is 51.7. The van der Waals surface area contributed by atoms with Gasteiger partial charge in [0.25, 0.3) is 0 Å². The molecule has 0 spiro atoms. The minimum absolute atomic E-state index is 0.128. The van der Waals surface area contributed by atoms with Gasteiger partial charge in [0.05, 0.1) is 0 Å². The average molecular weight is 441 g/mol. The molecule has 1 heterocycles. The summed E-state index contributed by atoms with van der Waals surface area (Å²) in [6.45, 7) is 13.4. The van der Waals surface area contributed by atoms with E-state index in [0.29, 0.717) is 32.2 Å². The van der Waals surface area contributed by atoms with Crippen molar-refractivity contribution < 1.29 is 23.9 Å². The zero-order chi connectivity index (χ0) is 23.9. The van der Waals surface area contributed by atoms with Crippen LogP contribution in [0.5, 0.6) is 0 Å². The number of carbonyl (C=O) groups excluding carboxylic acids is 4. The zero-order valence-electron chi connectivity index (χ0n) is 20.0. The van der Waals surface area contributed by atoms with Crippen molar-refractivity contribution in [1.29, 1.82) is 0 Å². The third-order valence-electron chi connectivity index (χ3n) is 4.90. The highest BCUT2D eigenvalue weighted by Crippen LogP contribution is 2.20. The Morgan fingerprint density at radius 3 is 2.03 bits per heavy atom. The number of amides is 4. The highest BCUT2D eigenvalue weighted by atomic mass is 16.6. The van der Waals surface area contributed by atoms with Gasteiger partial charge in [-0.15, -0.1) is 0 Å². The van der Waals surface area contributed by atoms with Gasteiger partial charge in [0.15, 0.2) is 0 Å². The maximum atomic E-state index is 13.2. The third kappa shape index (κ3) is 9.14. The van der Waals surface area contributed by atoms with Gasteiger partial charge in [-0.25, -0.2) is 4.79 Å². The predicted molar refractivity (Wildman–Crippen MR) is 118 cm³/mol. The molecule has 1 aliphatic rings. The van der Waals surface area contributed by atoms with E-state index < -0.39 is 41.6 Å². The number of likely N-dealkylation sites (tertiary alicyclic amines) is 1. The second-order valence-electron chi connectivity index (χ2n) is 10.1. The molecule has 1 saturated heterocycles. The SMILES string of the molecule is CC(C)C[C@H](NC(=O)OC(C)(C)C)C(=O)N[C@H](CC(C)C)C(=O)N1CCC[C@@H]1C(N)=O. The van der Waals surface area contributed by atoms with Crippen molar-refractivity contribution in [3.63, 3.8) is 0 Å². The van der Waals surface area contributed by atoms with Gasteiger partial charge in [-0.3, -0.25) is 14.4 Å². The van der Waals surface area contributed by atoms with Crippen LogP contribution >= 0.6 is 0 Å². The van der Waals surface area contributed by atoms with Gasteiger partial charge in [-0.05, 0) is 58.3 Å². The topological polar surface area (TPSA) is 131 Å². The number of ether oxygens (including phenoxy) is 1. The molecule has 4 N–H and O–H groups in total. The quantitative estimate of drug-likeness (QED) is 0.504. The molecule has 1 aliphatic heterocycles. The highest BCUT2D eigenvalue weighted by Gasteiger charge is 2.37. The molecule has 9 nitrogen and oxygen atoms in total. The minimum atomic E-state index is -0.845. The summed E-state index contributed by atoms with van der Waals surface area (Å²) in [5.41, 5.74) is 4.76. The fraction of sp³-hybridized carbons (Fsp3) is 0.818. The van der Waals surface area contributed by atoms with Gasteiger partial charge in [-0.1, -0.05) is 27.7 Å². The molecule has 0 aromatic heterocycles. The first-order valence-corrected chi connectivity index (χ1v) is 11.1. The van der Waals surface area contributed by atoms with Crippen molar-refractivity contribution in [3.8, 4) is 0 Å². The summed E-state index contributed by atoms with van der Waals surface area (Å²) in [6, 6.07) is -2.30. The molecular formula is C22H40N4O5. The molecule has 4 amide bonds. The number of nitrogens with zero attached hydrogens (tertiary/aromatic N) is 1. The Morgan fingerprint density at radius 2 is 1.55 bits per heavy atom. The van der Waals surface area contributed by atoms with E-state index >= 15 is 0 Å². The molecule has 1 fully saturated rings. The van der Waals surface area contributed by atoms with Crippen LogP contribution in [-0.2, 0) is 19.1 Å². The first kappa shape index (κ1) is 26.7. The third-order valence-corrected chi connectivity index (χ3v) is 4.90. The molecule has 0 bridgehead atoms. The fourth-order valence-electron chi connectivity index (χ4n) is 3.64. The van der Waals surface area contributed by atoms with Gasteiger partial charge in [0.2, 0.25) is 17.7 Å². The molecule has 0 unspecified atom stereocenters. The molecule has 3 atom stereocenters. The smallest absolute Gasteiger partial charge is 0.408 e. The first-order chi connectivity index (χ1) is 14.2. The van der Waals surface area contributed by atoms with Crippen LogP contribution in [0.1, 0.15) is 74.1 Å². The van der Waals surface area contributed by atoms with E-state index in [1.165, 1.54) is 4.90 Å². The van der Waals surface area contributed by atoms with E-state index in [1.54, 1.807) is 20.8 Å². The second-order valence-corrected chi connectivity index (χ2v) is 10.1. The molecule has 0 aromatic rings. The lowest BCUT2D eigenvalue weighted by Crippen LogP contribution is -2.57. The van der Waals surface area contributed by atoms with Crippen molar-refractivity contribution in [1.82, 2.24) is 15.5 Å². The van der Waals surface area contributed by atoms with Crippen LogP contribution in [0.25, 0.3) is 0 Å². The number of hydrogen-bond donors (Lipinski definition) is 3. The molecule has 0 aliphatic carbocycles. The maximum Gasteiger partial charge on any atom is 0.408 e. The Hall–Kier alpha value is -2.32. The van der Waals surface area contributed by atoms with Crippen LogP contribution in [0.2, 0.25) is 0 Å². The molecular weight excluding hydrogens is 400 g/mol. The Morgan fingerprint density at radius 1 is 1.00 bits per heavy atom. The van der Waals surface area contributed by atoms with Crippen molar-refractivity contribution in [2.24, 2.45) is 17.6 Å². The molecule has 1 rings (SSSR count). The van der Waals surface area contributed by atoms with Crippen LogP contribution in [0.3, 0.4) is 0 Å². The molecule has 0 saturated carbocycles. The van der Waals surface area contributed by atoms with Crippen molar-refractivity contribution in [2.75, 3.05) is 6.54 Å². The van der Waals surface area contributed by atoms with Crippen LogP contribution < -0.4 is 16.4 Å². The van der Waals surface area contributed by atoms with Crippen LogP contribution in [-0.4, -0.2) is 59.0 Å². The monoisotopic (exact) mass is 440 g/mol. The van der Waals surface area contributed by atoms with Crippen molar-refractivity contribution in [2.45, 2.75) is 97.9 Å². The second kappa shape index (κ2) is 11.3. The number of carbonyl (C=O) groups is 4. The fourth-order valence-corrected chi connectivity index (χ4v) is 3.64. The van der Waals surface area contributed by atoms with Crippen molar-refractivity contribution >= 4 is 23.8 Å². The minimum Gasteiger partial charge on any atom is -0.444 e. The Kier molecular flexibility index (Phi) is 9.77. The standard InChI is InChI=1S/C22H40N4O5/c1-13(2)11-15(25-21(30)31-22(5,6)7)19(28)24-16(12-14(3)4)20(29)26-10-8-9-17(26)18(23)27/h13-17H,8-12H2,1-7H3,(H2,23,27)(H,24,28)(H,25,30)/t15-,16+,17+/m0/s1. The molecule has 178 valence electrons. The molecule has 9 heteroatoms. The average Bonchev–Trinajstić information content (AvgIpc) is 3.07. The number of primary amides is 1. The predicted octanol–water partition coefficient (Wildman–Crippen LogP) is 1.93. The van der Waals surface area contributed by atoms with Crippen molar-refractivity contribution in [3.05, 3.63) is 0 Å². The largest absolute Gasteiger partial charge is 0.444 e. The number of rotatable bonds is 9. The lowest BCUT2D eigenvalue weighted by Gasteiger charge is -2.30. The number of alkyl carbamates (subject to hydrolysis) is 1. The normalized spacial score (nSPS) is 18.6. The van der Waals surface area contributed by atoms with Gasteiger partial charge in [0, 0.05) is 6.54 Å². The van der Waals surface area contributed by atoms with E-state index in [1.807, 2.05) is 27.7 Å². The summed E-state index contributed by atoms with van der Waals surface area (Å²) in [6.07, 6.45) is 1.33. The van der Waals surface area contributed by atoms with E-state index in [2.05, 4.69) is 10.6 Å². The number of hydrogen-bond acceptors (Lipinski definition) is 5. The van der Waals surface area contributed by atoms with Gasteiger partial charge in [0.1, 0.15) is 23.7 Å². The molecule has 31 heavy (non-hydrogen) atoms. The van der Waals surface area contributed by atoms with E-state index in [9.17, 15) is 19.2 Å². The van der Waals surface area contributed by atoms with Crippen LogP contribution in [0.15, 0.2) is 0 Å². The Labute approximate surface area is 185 Å². The summed E-state index contributed by atoms with van der Waals surface area (Å²) in [7, 11) is 0.